The van der Waals surface area contributed by atoms with E-state index in [1.807, 2.05) is 6.92 Å². The number of carbonyl (C=O) groups is 3. The van der Waals surface area contributed by atoms with E-state index in [1.165, 1.54) is 13.2 Å². The van der Waals surface area contributed by atoms with Crippen LogP contribution in [0, 0.1) is 5.92 Å². The minimum Gasteiger partial charge on any atom is -0.466 e. The van der Waals surface area contributed by atoms with E-state index in [-0.39, 0.29) is 23.4 Å². The minimum atomic E-state index is -1.60. The van der Waals surface area contributed by atoms with Gasteiger partial charge in [0.25, 0.3) is 0 Å². The summed E-state index contributed by atoms with van der Waals surface area (Å²) in [5.41, 5.74) is -0.473. The van der Waals surface area contributed by atoms with Crippen LogP contribution >= 0.6 is 0 Å². The number of ether oxygens (including phenoxy) is 5. The molecular formula is C21H24O9. The van der Waals surface area contributed by atoms with Gasteiger partial charge in [0, 0.05) is 5.57 Å². The lowest BCUT2D eigenvalue weighted by Gasteiger charge is -2.31. The summed E-state index contributed by atoms with van der Waals surface area (Å²) < 4.78 is 26.8. The number of methoxy groups -OCH3 is 1. The third kappa shape index (κ3) is 3.27. The number of carbonyl (C=O) groups excluding carboxylic acids is 3. The topological polar surface area (TPSA) is 124 Å². The Morgan fingerprint density at radius 1 is 1.27 bits per heavy atom. The highest BCUT2D eigenvalue weighted by atomic mass is 16.7. The highest BCUT2D eigenvalue weighted by Gasteiger charge is 2.59. The van der Waals surface area contributed by atoms with Crippen LogP contribution in [-0.2, 0) is 38.1 Å². The average Bonchev–Trinajstić information content (AvgIpc) is 3.58. The second kappa shape index (κ2) is 7.04. The van der Waals surface area contributed by atoms with Crippen LogP contribution < -0.4 is 0 Å². The zero-order valence-electron chi connectivity index (χ0n) is 17.1. The van der Waals surface area contributed by atoms with Gasteiger partial charge in [-0.1, -0.05) is 6.58 Å². The van der Waals surface area contributed by atoms with E-state index in [1.54, 1.807) is 19.9 Å². The van der Waals surface area contributed by atoms with Crippen LogP contribution in [0.4, 0.5) is 0 Å². The van der Waals surface area contributed by atoms with Crippen LogP contribution in [0.15, 0.2) is 35.5 Å². The number of fused-ring (bicyclic) bond motifs is 2. The van der Waals surface area contributed by atoms with Gasteiger partial charge in [0.15, 0.2) is 5.60 Å². The maximum atomic E-state index is 12.8. The van der Waals surface area contributed by atoms with Crippen molar-refractivity contribution in [3.05, 3.63) is 35.5 Å². The van der Waals surface area contributed by atoms with Crippen molar-refractivity contribution in [1.29, 1.82) is 0 Å². The first kappa shape index (κ1) is 20.8. The molecule has 3 aliphatic heterocycles. The van der Waals surface area contributed by atoms with Gasteiger partial charge in [-0.25, -0.2) is 14.4 Å². The van der Waals surface area contributed by atoms with Crippen LogP contribution in [0.1, 0.15) is 20.8 Å². The van der Waals surface area contributed by atoms with Crippen LogP contribution in [-0.4, -0.2) is 72.3 Å². The molecule has 9 heteroatoms. The van der Waals surface area contributed by atoms with Gasteiger partial charge in [0.2, 0.25) is 0 Å². The Labute approximate surface area is 173 Å². The van der Waals surface area contributed by atoms with Gasteiger partial charge in [-0.3, -0.25) is 0 Å². The highest BCUT2D eigenvalue weighted by molar-refractivity contribution is 5.93. The number of rotatable bonds is 3. The molecule has 1 aliphatic carbocycles. The molecule has 8 atom stereocenters. The largest absolute Gasteiger partial charge is 0.466 e. The highest BCUT2D eigenvalue weighted by Crippen LogP contribution is 2.42. The zero-order chi connectivity index (χ0) is 22.0. The van der Waals surface area contributed by atoms with Gasteiger partial charge in [-0.05, 0) is 38.5 Å². The van der Waals surface area contributed by atoms with Gasteiger partial charge in [-0.2, -0.15) is 0 Å². The third-order valence-corrected chi connectivity index (χ3v) is 6.20. The van der Waals surface area contributed by atoms with Crippen molar-refractivity contribution in [3.63, 3.8) is 0 Å². The quantitative estimate of drug-likeness (QED) is 0.227. The molecule has 30 heavy (non-hydrogen) atoms. The molecule has 4 aliphatic rings. The maximum absolute atomic E-state index is 12.8. The van der Waals surface area contributed by atoms with E-state index >= 15 is 0 Å². The lowest BCUT2D eigenvalue weighted by molar-refractivity contribution is -0.165. The van der Waals surface area contributed by atoms with E-state index in [0.29, 0.717) is 0 Å². The second-order valence-corrected chi connectivity index (χ2v) is 8.15. The van der Waals surface area contributed by atoms with E-state index in [2.05, 4.69) is 6.58 Å². The van der Waals surface area contributed by atoms with Gasteiger partial charge >= 0.3 is 17.9 Å². The van der Waals surface area contributed by atoms with Crippen molar-refractivity contribution >= 4 is 17.9 Å². The fraction of sp³-hybridized carbons (Fsp3) is 0.571. The van der Waals surface area contributed by atoms with Crippen LogP contribution in [0.5, 0.6) is 0 Å². The number of hydrogen-bond acceptors (Lipinski definition) is 9. The molecule has 9 nitrogen and oxygen atoms in total. The standard InChI is InChI=1S/C21H24O9/c1-8-6-12-14(9(2)18(23)28-12)17(29-20(25)21(4)10(3)30-21)15(22)11(19(24)26-5)7-13-16(8)27-13/h6-7,10,12-17,22H,2H2,1,3-5H3/t10-,12-,13+,14+,15+,16-,17+,21+/m1/s1. The predicted molar refractivity (Wildman–Crippen MR) is 99.9 cm³/mol. The molecule has 0 aromatic heterocycles. The summed E-state index contributed by atoms with van der Waals surface area (Å²) in [6.07, 6.45) is -1.75. The minimum absolute atomic E-state index is 0.0360. The number of aliphatic hydroxyl groups excluding tert-OH is 1. The summed E-state index contributed by atoms with van der Waals surface area (Å²) in [6, 6.07) is 0. The van der Waals surface area contributed by atoms with Crippen molar-refractivity contribution < 1.29 is 43.2 Å². The first-order valence-corrected chi connectivity index (χ1v) is 9.69. The van der Waals surface area contributed by atoms with Gasteiger partial charge in [0.05, 0.1) is 24.7 Å². The van der Waals surface area contributed by atoms with Crippen LogP contribution in [0.3, 0.4) is 0 Å². The Kier molecular flexibility index (Phi) is 4.87. The Balaban J connectivity index is 1.77. The predicted octanol–water partition coefficient (Wildman–Crippen LogP) is 0.361. The van der Waals surface area contributed by atoms with Crippen molar-refractivity contribution in [2.75, 3.05) is 7.11 Å². The van der Waals surface area contributed by atoms with E-state index in [9.17, 15) is 19.5 Å². The molecule has 0 unspecified atom stereocenters. The molecule has 3 heterocycles. The number of aliphatic hydroxyl groups is 1. The molecule has 0 aromatic carbocycles. The van der Waals surface area contributed by atoms with Crippen molar-refractivity contribution in [3.8, 4) is 0 Å². The smallest absolute Gasteiger partial charge is 0.341 e. The summed E-state index contributed by atoms with van der Waals surface area (Å²) in [5, 5.41) is 11.1. The summed E-state index contributed by atoms with van der Waals surface area (Å²) in [7, 11) is 1.18. The molecule has 3 fully saturated rings. The first-order valence-electron chi connectivity index (χ1n) is 9.69. The van der Waals surface area contributed by atoms with Gasteiger partial charge in [0.1, 0.15) is 30.5 Å². The Morgan fingerprint density at radius 2 is 1.93 bits per heavy atom. The number of esters is 3. The number of epoxide rings is 2. The van der Waals surface area contributed by atoms with Gasteiger partial charge in [-0.15, -0.1) is 0 Å². The summed E-state index contributed by atoms with van der Waals surface area (Å²) >= 11 is 0. The SMILES string of the molecule is C=C1C(=O)O[C@@H]2C=C(C)[C@H]3O[C@H]3C=C(C(=O)OC)[C@H](O)[C@@H](OC(=O)[C@@]3(C)O[C@@H]3C)[C@@H]12. The molecule has 0 amide bonds. The monoisotopic (exact) mass is 420 g/mol. The summed E-state index contributed by atoms with van der Waals surface area (Å²) in [5.74, 6) is -3.09. The fourth-order valence-corrected chi connectivity index (χ4v) is 3.98. The molecule has 4 rings (SSSR count). The lowest BCUT2D eigenvalue weighted by Crippen LogP contribution is -2.46. The average molecular weight is 420 g/mol. The van der Waals surface area contributed by atoms with E-state index < -0.39 is 53.8 Å². The number of hydrogen-bond donors (Lipinski definition) is 1. The van der Waals surface area contributed by atoms with Crippen molar-refractivity contribution in [2.24, 2.45) is 5.92 Å². The molecular weight excluding hydrogens is 396 g/mol. The van der Waals surface area contributed by atoms with E-state index in [0.717, 1.165) is 5.57 Å². The molecule has 1 N–H and O–H groups in total. The van der Waals surface area contributed by atoms with Crippen molar-refractivity contribution in [1.82, 2.24) is 0 Å². The summed E-state index contributed by atoms with van der Waals surface area (Å²) in [6.45, 7) is 8.86. The van der Waals surface area contributed by atoms with Crippen molar-refractivity contribution in [2.45, 2.75) is 63.0 Å². The summed E-state index contributed by atoms with van der Waals surface area (Å²) in [4.78, 5) is 37.5. The molecule has 0 bridgehead atoms. The molecule has 0 aromatic rings. The molecule has 0 radical (unpaired) electrons. The molecule has 3 saturated heterocycles. The first-order chi connectivity index (χ1) is 14.1. The Bertz CT molecular complexity index is 887. The molecule has 162 valence electrons. The zero-order valence-corrected chi connectivity index (χ0v) is 17.1. The molecule has 0 spiro atoms. The van der Waals surface area contributed by atoms with Gasteiger partial charge < -0.3 is 28.8 Å². The molecule has 0 saturated carbocycles. The second-order valence-electron chi connectivity index (χ2n) is 8.15. The fourth-order valence-electron chi connectivity index (χ4n) is 3.98. The van der Waals surface area contributed by atoms with Crippen LogP contribution in [0.2, 0.25) is 0 Å². The Morgan fingerprint density at radius 3 is 2.53 bits per heavy atom. The lowest BCUT2D eigenvalue weighted by atomic mass is 9.83. The third-order valence-electron chi connectivity index (χ3n) is 6.20. The van der Waals surface area contributed by atoms with E-state index in [4.69, 9.17) is 23.7 Å². The Hall–Kier alpha value is -2.49. The maximum Gasteiger partial charge on any atom is 0.341 e. The van der Waals surface area contributed by atoms with Crippen LogP contribution in [0.25, 0.3) is 0 Å². The normalized spacial score (nSPS) is 42.1.